The van der Waals surface area contributed by atoms with Crippen molar-refractivity contribution in [2.75, 3.05) is 37.9 Å². The lowest BCUT2D eigenvalue weighted by molar-refractivity contribution is 0.0664. The average Bonchev–Trinajstić information content (AvgIpc) is 2.64. The zero-order valence-electron chi connectivity index (χ0n) is 15.3. The molecular formula is C19H22FN3O3S. The van der Waals surface area contributed by atoms with Crippen molar-refractivity contribution in [3.63, 3.8) is 0 Å². The zero-order chi connectivity index (χ0) is 19.6. The van der Waals surface area contributed by atoms with Crippen LogP contribution < -0.4 is 4.72 Å². The minimum absolute atomic E-state index is 0.0148. The summed E-state index contributed by atoms with van der Waals surface area (Å²) in [6.07, 6.45) is 0. The number of sulfonamides is 1. The van der Waals surface area contributed by atoms with E-state index < -0.39 is 15.8 Å². The minimum Gasteiger partial charge on any atom is -0.336 e. The van der Waals surface area contributed by atoms with Crippen molar-refractivity contribution in [1.82, 2.24) is 9.80 Å². The van der Waals surface area contributed by atoms with E-state index in [9.17, 15) is 17.6 Å². The fourth-order valence-electron chi connectivity index (χ4n) is 2.87. The number of amides is 1. The van der Waals surface area contributed by atoms with Gasteiger partial charge in [-0.1, -0.05) is 0 Å². The number of aryl methyl sites for hydroxylation is 1. The van der Waals surface area contributed by atoms with E-state index in [1.165, 1.54) is 19.1 Å². The second-order valence-corrected chi connectivity index (χ2v) is 8.37. The molecule has 1 amide bonds. The Kier molecular flexibility index (Phi) is 5.48. The first kappa shape index (κ1) is 19.3. The molecule has 0 aliphatic carbocycles. The highest BCUT2D eigenvalue weighted by molar-refractivity contribution is 7.92. The van der Waals surface area contributed by atoms with Gasteiger partial charge >= 0.3 is 0 Å². The molecular weight excluding hydrogens is 369 g/mol. The van der Waals surface area contributed by atoms with Crippen LogP contribution in [0.3, 0.4) is 0 Å². The van der Waals surface area contributed by atoms with E-state index in [1.54, 1.807) is 29.2 Å². The molecule has 1 saturated heterocycles. The van der Waals surface area contributed by atoms with E-state index >= 15 is 0 Å². The second-order valence-electron chi connectivity index (χ2n) is 6.69. The van der Waals surface area contributed by atoms with Gasteiger partial charge in [0, 0.05) is 37.4 Å². The van der Waals surface area contributed by atoms with Gasteiger partial charge in [-0.15, -0.1) is 0 Å². The number of carbonyl (C=O) groups excluding carboxylic acids is 1. The number of piperazine rings is 1. The molecule has 3 rings (SSSR count). The summed E-state index contributed by atoms with van der Waals surface area (Å²) in [7, 11) is -1.81. The van der Waals surface area contributed by atoms with Crippen molar-refractivity contribution in [3.8, 4) is 0 Å². The Labute approximate surface area is 158 Å². The van der Waals surface area contributed by atoms with Crippen LogP contribution >= 0.6 is 0 Å². The van der Waals surface area contributed by atoms with Gasteiger partial charge in [0.2, 0.25) is 0 Å². The number of likely N-dealkylation sites (N-methyl/N-ethyl adjacent to an activating group) is 1. The maximum atomic E-state index is 13.4. The maximum Gasteiger partial charge on any atom is 0.261 e. The molecule has 0 radical (unpaired) electrons. The molecule has 0 aromatic heterocycles. The summed E-state index contributed by atoms with van der Waals surface area (Å²) in [5, 5.41) is 0. The molecule has 8 heteroatoms. The summed E-state index contributed by atoms with van der Waals surface area (Å²) in [6, 6.07) is 9.94. The fraction of sp³-hybridized carbons (Fsp3) is 0.316. The lowest BCUT2D eigenvalue weighted by atomic mass is 10.1. The topological polar surface area (TPSA) is 69.7 Å². The number of hydrogen-bond donors (Lipinski definition) is 1. The lowest BCUT2D eigenvalue weighted by Crippen LogP contribution is -2.47. The number of carbonyl (C=O) groups is 1. The van der Waals surface area contributed by atoms with E-state index in [0.29, 0.717) is 24.3 Å². The van der Waals surface area contributed by atoms with Crippen LogP contribution in [0.1, 0.15) is 15.9 Å². The molecule has 0 unspecified atom stereocenters. The number of nitrogens with zero attached hydrogens (tertiary/aromatic N) is 2. The Morgan fingerprint density at radius 1 is 1.04 bits per heavy atom. The number of nitrogens with one attached hydrogen (secondary N) is 1. The highest BCUT2D eigenvalue weighted by Crippen LogP contribution is 2.19. The van der Waals surface area contributed by atoms with Crippen molar-refractivity contribution in [1.29, 1.82) is 0 Å². The Morgan fingerprint density at radius 2 is 1.67 bits per heavy atom. The van der Waals surface area contributed by atoms with Crippen molar-refractivity contribution < 1.29 is 17.6 Å². The highest BCUT2D eigenvalue weighted by Gasteiger charge is 2.21. The third-order valence-electron chi connectivity index (χ3n) is 4.61. The Balaban J connectivity index is 1.71. The van der Waals surface area contributed by atoms with Crippen molar-refractivity contribution in [3.05, 3.63) is 59.4 Å². The summed E-state index contributed by atoms with van der Waals surface area (Å²) in [6.45, 7) is 4.52. The molecule has 1 aliphatic heterocycles. The van der Waals surface area contributed by atoms with Gasteiger partial charge in [-0.05, 0) is 62.0 Å². The molecule has 1 fully saturated rings. The molecule has 144 valence electrons. The molecule has 0 bridgehead atoms. The fourth-order valence-corrected chi connectivity index (χ4v) is 4.01. The van der Waals surface area contributed by atoms with Crippen LogP contribution in [0.15, 0.2) is 47.4 Å². The van der Waals surface area contributed by atoms with Gasteiger partial charge in [0.25, 0.3) is 15.9 Å². The van der Waals surface area contributed by atoms with E-state index in [0.717, 1.165) is 19.2 Å². The Bertz CT molecular complexity index is 937. The number of benzene rings is 2. The molecule has 1 aliphatic rings. The molecule has 27 heavy (non-hydrogen) atoms. The lowest BCUT2D eigenvalue weighted by Gasteiger charge is -2.32. The SMILES string of the molecule is Cc1cc(S(=O)(=O)Nc2ccc(C(=O)N3CCN(C)CC3)cc2)ccc1F. The Morgan fingerprint density at radius 3 is 2.26 bits per heavy atom. The smallest absolute Gasteiger partial charge is 0.261 e. The molecule has 2 aromatic carbocycles. The van der Waals surface area contributed by atoms with E-state index in [-0.39, 0.29) is 16.4 Å². The predicted molar refractivity (Wildman–Crippen MR) is 102 cm³/mol. The number of anilines is 1. The van der Waals surface area contributed by atoms with Crippen molar-refractivity contribution in [2.45, 2.75) is 11.8 Å². The summed E-state index contributed by atoms with van der Waals surface area (Å²) >= 11 is 0. The summed E-state index contributed by atoms with van der Waals surface area (Å²) in [4.78, 5) is 16.5. The van der Waals surface area contributed by atoms with Gasteiger partial charge < -0.3 is 9.80 Å². The van der Waals surface area contributed by atoms with E-state index in [4.69, 9.17) is 0 Å². The van der Waals surface area contributed by atoms with Crippen LogP contribution in [0.4, 0.5) is 10.1 Å². The average molecular weight is 391 g/mol. The maximum absolute atomic E-state index is 13.4. The van der Waals surface area contributed by atoms with Gasteiger partial charge in [-0.3, -0.25) is 9.52 Å². The first-order valence-corrected chi connectivity index (χ1v) is 10.1. The molecule has 6 nitrogen and oxygen atoms in total. The molecule has 0 spiro atoms. The predicted octanol–water partition coefficient (Wildman–Crippen LogP) is 2.32. The molecule has 0 saturated carbocycles. The van der Waals surface area contributed by atoms with Crippen LogP contribution in [0.25, 0.3) is 0 Å². The van der Waals surface area contributed by atoms with Crippen LogP contribution in [-0.2, 0) is 10.0 Å². The first-order valence-electron chi connectivity index (χ1n) is 8.63. The molecule has 2 aromatic rings. The van der Waals surface area contributed by atoms with Gasteiger partial charge in [-0.25, -0.2) is 12.8 Å². The van der Waals surface area contributed by atoms with Gasteiger partial charge in [0.15, 0.2) is 0 Å². The summed E-state index contributed by atoms with van der Waals surface area (Å²) < 4.78 is 40.7. The number of hydrogen-bond acceptors (Lipinski definition) is 4. The normalized spacial score (nSPS) is 15.6. The second kappa shape index (κ2) is 7.66. The monoisotopic (exact) mass is 391 g/mol. The molecule has 0 atom stereocenters. The van der Waals surface area contributed by atoms with E-state index in [2.05, 4.69) is 9.62 Å². The Hall–Kier alpha value is -2.45. The summed E-state index contributed by atoms with van der Waals surface area (Å²) in [5.74, 6) is -0.521. The third-order valence-corrected chi connectivity index (χ3v) is 5.99. The standard InChI is InChI=1S/C19H22FN3O3S/c1-14-13-17(7-8-18(14)20)27(25,26)21-16-5-3-15(4-6-16)19(24)23-11-9-22(2)10-12-23/h3-8,13,21H,9-12H2,1-2H3. The van der Waals surface area contributed by atoms with Crippen molar-refractivity contribution in [2.24, 2.45) is 0 Å². The minimum atomic E-state index is -3.83. The quantitative estimate of drug-likeness (QED) is 0.869. The third kappa shape index (κ3) is 4.45. The van der Waals surface area contributed by atoms with E-state index in [1.807, 2.05) is 7.05 Å². The van der Waals surface area contributed by atoms with Crippen LogP contribution in [-0.4, -0.2) is 57.4 Å². The number of halogens is 1. The van der Waals surface area contributed by atoms with Crippen LogP contribution in [0.5, 0.6) is 0 Å². The molecule has 1 heterocycles. The zero-order valence-corrected chi connectivity index (χ0v) is 16.1. The molecule has 1 N–H and O–H groups in total. The van der Waals surface area contributed by atoms with Gasteiger partial charge in [-0.2, -0.15) is 0 Å². The van der Waals surface area contributed by atoms with Crippen LogP contribution in [0, 0.1) is 12.7 Å². The van der Waals surface area contributed by atoms with Crippen molar-refractivity contribution >= 4 is 21.6 Å². The number of rotatable bonds is 4. The van der Waals surface area contributed by atoms with Gasteiger partial charge in [0.05, 0.1) is 4.90 Å². The first-order chi connectivity index (χ1) is 12.8. The highest BCUT2D eigenvalue weighted by atomic mass is 32.2. The van der Waals surface area contributed by atoms with Crippen LogP contribution in [0.2, 0.25) is 0 Å². The largest absolute Gasteiger partial charge is 0.336 e. The summed E-state index contributed by atoms with van der Waals surface area (Å²) in [5.41, 5.74) is 1.11. The van der Waals surface area contributed by atoms with Gasteiger partial charge in [0.1, 0.15) is 5.82 Å².